The normalized spacial score (nSPS) is 31.2. The molecule has 110 valence electrons. The van der Waals surface area contributed by atoms with Crippen molar-refractivity contribution in [3.05, 3.63) is 22.4 Å². The first-order chi connectivity index (χ1) is 9.74. The predicted molar refractivity (Wildman–Crippen MR) is 76.8 cm³/mol. The molecule has 3 heterocycles. The van der Waals surface area contributed by atoms with E-state index in [1.807, 2.05) is 17.2 Å². The Bertz CT molecular complexity index is 445. The molecule has 0 spiro atoms. The van der Waals surface area contributed by atoms with Gasteiger partial charge in [-0.25, -0.2) is 0 Å². The smallest absolute Gasteiger partial charge is 0.242 e. The number of hydrogen-bond acceptors (Lipinski definition) is 5. The maximum absolute atomic E-state index is 12.5. The first-order valence-electron chi connectivity index (χ1n) is 7.01. The Morgan fingerprint density at radius 2 is 2.40 bits per heavy atom. The molecule has 1 aromatic rings. The second-order valence-corrected chi connectivity index (χ2v) is 6.10. The molecule has 20 heavy (non-hydrogen) atoms. The van der Waals surface area contributed by atoms with Gasteiger partial charge in [-0.05, 0) is 29.3 Å². The van der Waals surface area contributed by atoms with E-state index in [4.69, 9.17) is 9.47 Å². The van der Waals surface area contributed by atoms with E-state index in [1.54, 1.807) is 11.3 Å². The zero-order valence-electron chi connectivity index (χ0n) is 11.6. The summed E-state index contributed by atoms with van der Waals surface area (Å²) < 4.78 is 11.3. The van der Waals surface area contributed by atoms with Crippen molar-refractivity contribution in [1.82, 2.24) is 10.2 Å². The average molecular weight is 296 g/mol. The van der Waals surface area contributed by atoms with Crippen molar-refractivity contribution in [2.45, 2.75) is 25.2 Å². The molecule has 0 aliphatic carbocycles. The number of ether oxygens (including phenoxy) is 2. The molecule has 2 aliphatic heterocycles. The predicted octanol–water partition coefficient (Wildman–Crippen LogP) is 1.02. The van der Waals surface area contributed by atoms with Gasteiger partial charge in [-0.3, -0.25) is 4.79 Å². The molecule has 1 aromatic heterocycles. The summed E-state index contributed by atoms with van der Waals surface area (Å²) in [4.78, 5) is 14.4. The highest BCUT2D eigenvalue weighted by atomic mass is 32.1. The third kappa shape index (κ3) is 3.03. The van der Waals surface area contributed by atoms with Crippen molar-refractivity contribution in [3.8, 4) is 0 Å². The number of hydrogen-bond donors (Lipinski definition) is 1. The first kappa shape index (κ1) is 14.0. The monoisotopic (exact) mass is 296 g/mol. The van der Waals surface area contributed by atoms with Gasteiger partial charge in [0.2, 0.25) is 5.91 Å². The lowest BCUT2D eigenvalue weighted by Gasteiger charge is -2.39. The lowest BCUT2D eigenvalue weighted by Crippen LogP contribution is -2.56. The maximum atomic E-state index is 12.5. The van der Waals surface area contributed by atoms with Crippen LogP contribution in [0.15, 0.2) is 16.8 Å². The van der Waals surface area contributed by atoms with Crippen LogP contribution in [-0.4, -0.2) is 55.8 Å². The van der Waals surface area contributed by atoms with Crippen molar-refractivity contribution in [1.29, 1.82) is 0 Å². The Labute approximate surface area is 122 Å². The van der Waals surface area contributed by atoms with E-state index in [2.05, 4.69) is 16.8 Å². The van der Waals surface area contributed by atoms with E-state index < -0.39 is 0 Å². The fourth-order valence-electron chi connectivity index (χ4n) is 2.72. The number of thiophene rings is 1. The summed E-state index contributed by atoms with van der Waals surface area (Å²) in [6.45, 7) is 5.18. The van der Waals surface area contributed by atoms with Crippen molar-refractivity contribution in [3.63, 3.8) is 0 Å². The molecule has 1 amide bonds. The molecule has 3 rings (SSSR count). The topological polar surface area (TPSA) is 50.8 Å². The molecule has 0 unspecified atom stereocenters. The Balaban J connectivity index is 1.67. The molecular formula is C14H20N2O3S. The summed E-state index contributed by atoms with van der Waals surface area (Å²) in [6, 6.07) is 1.86. The highest BCUT2D eigenvalue weighted by Gasteiger charge is 2.33. The molecule has 2 aliphatic rings. The van der Waals surface area contributed by atoms with E-state index >= 15 is 0 Å². The van der Waals surface area contributed by atoms with Gasteiger partial charge in [0.1, 0.15) is 12.1 Å². The molecule has 2 saturated heterocycles. The number of rotatable bonds is 2. The third-order valence-electron chi connectivity index (χ3n) is 3.71. The standard InChI is InChI=1S/C14H20N2O3S/c1-10-6-16(14(17)12-8-18-4-3-15-12)7-13(19-10)11-2-5-20-9-11/h2,5,9-10,12-13,15H,3-4,6-8H2,1H3/t10-,12-,13-/m1/s1. The Morgan fingerprint density at radius 3 is 3.10 bits per heavy atom. The zero-order chi connectivity index (χ0) is 13.9. The van der Waals surface area contributed by atoms with Gasteiger partial charge in [0.15, 0.2) is 0 Å². The molecule has 2 fully saturated rings. The summed E-state index contributed by atoms with van der Waals surface area (Å²) >= 11 is 1.66. The van der Waals surface area contributed by atoms with Crippen LogP contribution < -0.4 is 5.32 Å². The second kappa shape index (κ2) is 6.22. The lowest BCUT2D eigenvalue weighted by molar-refractivity contribution is -0.149. The van der Waals surface area contributed by atoms with Crippen LogP contribution in [0.2, 0.25) is 0 Å². The van der Waals surface area contributed by atoms with E-state index in [-0.39, 0.29) is 24.2 Å². The molecule has 5 nitrogen and oxygen atoms in total. The molecular weight excluding hydrogens is 276 g/mol. The Morgan fingerprint density at radius 1 is 1.50 bits per heavy atom. The van der Waals surface area contributed by atoms with Crippen molar-refractivity contribution in [2.24, 2.45) is 0 Å². The molecule has 0 radical (unpaired) electrons. The maximum Gasteiger partial charge on any atom is 0.242 e. The minimum atomic E-state index is -0.211. The quantitative estimate of drug-likeness (QED) is 0.885. The number of nitrogens with zero attached hydrogens (tertiary/aromatic N) is 1. The summed E-state index contributed by atoms with van der Waals surface area (Å²) in [7, 11) is 0. The van der Waals surface area contributed by atoms with Gasteiger partial charge in [0.25, 0.3) is 0 Å². The fourth-order valence-corrected chi connectivity index (χ4v) is 3.42. The number of carbonyl (C=O) groups excluding carboxylic acids is 1. The summed E-state index contributed by atoms with van der Waals surface area (Å²) in [5.74, 6) is 0.125. The number of carbonyl (C=O) groups is 1. The number of amides is 1. The van der Waals surface area contributed by atoms with Gasteiger partial charge in [-0.15, -0.1) is 0 Å². The summed E-state index contributed by atoms with van der Waals surface area (Å²) in [5.41, 5.74) is 1.16. The average Bonchev–Trinajstić information content (AvgIpc) is 3.01. The fraction of sp³-hybridized carbons (Fsp3) is 0.643. The van der Waals surface area contributed by atoms with Gasteiger partial charge in [-0.2, -0.15) is 11.3 Å². The van der Waals surface area contributed by atoms with Crippen molar-refractivity contribution < 1.29 is 14.3 Å². The molecule has 6 heteroatoms. The molecule has 0 bridgehead atoms. The highest BCUT2D eigenvalue weighted by Crippen LogP contribution is 2.27. The van der Waals surface area contributed by atoms with Crippen molar-refractivity contribution in [2.75, 3.05) is 32.8 Å². The van der Waals surface area contributed by atoms with Gasteiger partial charge in [-0.1, -0.05) is 0 Å². The SMILES string of the molecule is C[C@@H]1CN(C(=O)[C@H]2COCCN2)C[C@H](c2ccsc2)O1. The van der Waals surface area contributed by atoms with E-state index in [0.717, 1.165) is 12.1 Å². The van der Waals surface area contributed by atoms with Crippen LogP contribution in [0.4, 0.5) is 0 Å². The Kier molecular flexibility index (Phi) is 4.35. The Hall–Kier alpha value is -0.950. The summed E-state index contributed by atoms with van der Waals surface area (Å²) in [6.07, 6.45) is 0.0422. The number of nitrogens with one attached hydrogen (secondary N) is 1. The zero-order valence-corrected chi connectivity index (χ0v) is 12.4. The van der Waals surface area contributed by atoms with Gasteiger partial charge >= 0.3 is 0 Å². The van der Waals surface area contributed by atoms with Gasteiger partial charge in [0, 0.05) is 13.1 Å². The van der Waals surface area contributed by atoms with E-state index in [9.17, 15) is 4.79 Å². The van der Waals surface area contributed by atoms with Gasteiger partial charge < -0.3 is 19.7 Å². The van der Waals surface area contributed by atoms with Crippen LogP contribution >= 0.6 is 11.3 Å². The first-order valence-corrected chi connectivity index (χ1v) is 7.96. The van der Waals surface area contributed by atoms with E-state index in [1.165, 1.54) is 0 Å². The molecule has 1 N–H and O–H groups in total. The highest BCUT2D eigenvalue weighted by molar-refractivity contribution is 7.07. The van der Waals surface area contributed by atoms with Crippen LogP contribution in [0, 0.1) is 0 Å². The molecule has 0 saturated carbocycles. The lowest BCUT2D eigenvalue weighted by atomic mass is 10.1. The number of morpholine rings is 2. The molecule has 3 atom stereocenters. The molecule has 0 aromatic carbocycles. The van der Waals surface area contributed by atoms with Crippen LogP contribution in [-0.2, 0) is 14.3 Å². The minimum Gasteiger partial charge on any atom is -0.378 e. The van der Waals surface area contributed by atoms with Crippen LogP contribution in [0.5, 0.6) is 0 Å². The van der Waals surface area contributed by atoms with Crippen molar-refractivity contribution >= 4 is 17.2 Å². The third-order valence-corrected chi connectivity index (χ3v) is 4.41. The largest absolute Gasteiger partial charge is 0.378 e. The van der Waals surface area contributed by atoms with E-state index in [0.29, 0.717) is 26.3 Å². The van der Waals surface area contributed by atoms with Crippen LogP contribution in [0.1, 0.15) is 18.6 Å². The van der Waals surface area contributed by atoms with Crippen LogP contribution in [0.3, 0.4) is 0 Å². The van der Waals surface area contributed by atoms with Gasteiger partial charge in [0.05, 0.1) is 25.9 Å². The summed E-state index contributed by atoms with van der Waals surface area (Å²) in [5, 5.41) is 7.36. The minimum absolute atomic E-state index is 0.0153. The second-order valence-electron chi connectivity index (χ2n) is 5.32. The van der Waals surface area contributed by atoms with Crippen LogP contribution in [0.25, 0.3) is 0 Å².